The Bertz CT molecular complexity index is 713. The molecular formula is C14H18N6. The van der Waals surface area contributed by atoms with Gasteiger partial charge in [0.1, 0.15) is 0 Å². The molecule has 3 aromatic heterocycles. The van der Waals surface area contributed by atoms with Gasteiger partial charge in [0, 0.05) is 48.0 Å². The molecule has 0 saturated carbocycles. The number of aromatic amines is 1. The first kappa shape index (κ1) is 12.8. The van der Waals surface area contributed by atoms with Crippen LogP contribution < -0.4 is 5.32 Å². The highest BCUT2D eigenvalue weighted by molar-refractivity contribution is 5.42. The van der Waals surface area contributed by atoms with Crippen LogP contribution in [-0.2, 0) is 6.54 Å². The lowest BCUT2D eigenvalue weighted by Crippen LogP contribution is -2.20. The zero-order valence-electron chi connectivity index (χ0n) is 11.9. The van der Waals surface area contributed by atoms with E-state index in [9.17, 15) is 0 Å². The van der Waals surface area contributed by atoms with Gasteiger partial charge in [-0.05, 0) is 20.8 Å². The Labute approximate surface area is 117 Å². The number of hydrogen-bond donors (Lipinski definition) is 2. The van der Waals surface area contributed by atoms with E-state index in [0.717, 1.165) is 34.8 Å². The van der Waals surface area contributed by atoms with Crippen molar-refractivity contribution in [1.82, 2.24) is 29.9 Å². The van der Waals surface area contributed by atoms with Gasteiger partial charge in [0.2, 0.25) is 0 Å². The van der Waals surface area contributed by atoms with Crippen LogP contribution in [0.2, 0.25) is 0 Å². The minimum absolute atomic E-state index is 0.194. The predicted molar refractivity (Wildman–Crippen MR) is 76.3 cm³/mol. The Morgan fingerprint density at radius 1 is 1.35 bits per heavy atom. The zero-order chi connectivity index (χ0) is 14.1. The fraction of sp³-hybridized carbons (Fsp3) is 0.357. The minimum Gasteiger partial charge on any atom is -0.347 e. The van der Waals surface area contributed by atoms with Gasteiger partial charge in [-0.25, -0.2) is 14.5 Å². The van der Waals surface area contributed by atoms with Crippen molar-refractivity contribution in [2.24, 2.45) is 0 Å². The molecule has 1 atom stereocenters. The molecule has 0 fully saturated rings. The quantitative estimate of drug-likeness (QED) is 0.760. The van der Waals surface area contributed by atoms with Crippen molar-refractivity contribution in [2.45, 2.75) is 33.4 Å². The van der Waals surface area contributed by atoms with Crippen LogP contribution in [0.1, 0.15) is 35.6 Å². The summed E-state index contributed by atoms with van der Waals surface area (Å²) in [7, 11) is 0. The van der Waals surface area contributed by atoms with Gasteiger partial charge in [-0.3, -0.25) is 0 Å². The first-order chi connectivity index (χ1) is 9.65. The maximum Gasteiger partial charge on any atom is 0.155 e. The number of H-pyrrole nitrogens is 1. The molecule has 0 bridgehead atoms. The Morgan fingerprint density at radius 2 is 2.20 bits per heavy atom. The van der Waals surface area contributed by atoms with Crippen LogP contribution in [-0.4, -0.2) is 24.6 Å². The fourth-order valence-electron chi connectivity index (χ4n) is 2.36. The van der Waals surface area contributed by atoms with E-state index in [4.69, 9.17) is 0 Å². The SMILES string of the molecule is Cc1cc2ncc(C(C)NCc3cnc[nH]3)c(C)n2n1. The maximum atomic E-state index is 4.48. The highest BCUT2D eigenvalue weighted by Crippen LogP contribution is 2.18. The smallest absolute Gasteiger partial charge is 0.155 e. The molecule has 104 valence electrons. The summed E-state index contributed by atoms with van der Waals surface area (Å²) in [5, 5.41) is 7.94. The maximum absolute atomic E-state index is 4.48. The molecule has 0 spiro atoms. The summed E-state index contributed by atoms with van der Waals surface area (Å²) in [6.45, 7) is 6.93. The summed E-state index contributed by atoms with van der Waals surface area (Å²) in [5.74, 6) is 0. The number of imidazole rings is 1. The highest BCUT2D eigenvalue weighted by atomic mass is 15.3. The number of aromatic nitrogens is 5. The number of nitrogens with one attached hydrogen (secondary N) is 2. The third-order valence-corrected chi connectivity index (χ3v) is 3.50. The van der Waals surface area contributed by atoms with Crippen LogP contribution in [0, 0.1) is 13.8 Å². The van der Waals surface area contributed by atoms with Gasteiger partial charge in [-0.15, -0.1) is 0 Å². The summed E-state index contributed by atoms with van der Waals surface area (Å²) in [6.07, 6.45) is 5.44. The van der Waals surface area contributed by atoms with Crippen LogP contribution >= 0.6 is 0 Å². The molecule has 3 heterocycles. The summed E-state index contributed by atoms with van der Waals surface area (Å²) in [5.41, 5.74) is 5.21. The second-order valence-electron chi connectivity index (χ2n) is 5.03. The number of aryl methyl sites for hydroxylation is 2. The van der Waals surface area contributed by atoms with Gasteiger partial charge < -0.3 is 10.3 Å². The summed E-state index contributed by atoms with van der Waals surface area (Å²) >= 11 is 0. The Morgan fingerprint density at radius 3 is 2.95 bits per heavy atom. The predicted octanol–water partition coefficient (Wildman–Crippen LogP) is 1.92. The van der Waals surface area contributed by atoms with Gasteiger partial charge in [-0.1, -0.05) is 0 Å². The number of rotatable bonds is 4. The highest BCUT2D eigenvalue weighted by Gasteiger charge is 2.12. The van der Waals surface area contributed by atoms with Gasteiger partial charge in [0.15, 0.2) is 5.65 Å². The molecule has 2 N–H and O–H groups in total. The fourth-order valence-corrected chi connectivity index (χ4v) is 2.36. The lowest BCUT2D eigenvalue weighted by atomic mass is 10.1. The van der Waals surface area contributed by atoms with E-state index in [1.54, 1.807) is 6.33 Å². The van der Waals surface area contributed by atoms with Crippen LogP contribution in [0.4, 0.5) is 0 Å². The Hall–Kier alpha value is -2.21. The zero-order valence-corrected chi connectivity index (χ0v) is 11.9. The molecule has 0 radical (unpaired) electrons. The van der Waals surface area contributed by atoms with E-state index in [2.05, 4.69) is 39.2 Å². The summed E-state index contributed by atoms with van der Waals surface area (Å²) in [6, 6.07) is 2.18. The van der Waals surface area contributed by atoms with Crippen molar-refractivity contribution in [2.75, 3.05) is 0 Å². The van der Waals surface area contributed by atoms with Crippen LogP contribution in [0.5, 0.6) is 0 Å². The average Bonchev–Trinajstić information content (AvgIpc) is 3.05. The average molecular weight is 270 g/mol. The molecule has 0 aromatic carbocycles. The molecule has 0 aliphatic heterocycles. The Kier molecular flexibility index (Phi) is 3.23. The van der Waals surface area contributed by atoms with E-state index in [1.165, 1.54) is 0 Å². The van der Waals surface area contributed by atoms with E-state index >= 15 is 0 Å². The second-order valence-corrected chi connectivity index (χ2v) is 5.03. The third kappa shape index (κ3) is 2.30. The molecule has 6 nitrogen and oxygen atoms in total. The van der Waals surface area contributed by atoms with E-state index in [1.807, 2.05) is 29.9 Å². The van der Waals surface area contributed by atoms with E-state index in [0.29, 0.717) is 0 Å². The molecule has 1 unspecified atom stereocenters. The van der Waals surface area contributed by atoms with Crippen molar-refractivity contribution < 1.29 is 0 Å². The molecule has 3 aromatic rings. The van der Waals surface area contributed by atoms with Crippen molar-refractivity contribution in [3.63, 3.8) is 0 Å². The normalized spacial score (nSPS) is 12.9. The van der Waals surface area contributed by atoms with E-state index in [-0.39, 0.29) is 6.04 Å². The largest absolute Gasteiger partial charge is 0.347 e. The van der Waals surface area contributed by atoms with Crippen LogP contribution in [0.3, 0.4) is 0 Å². The lowest BCUT2D eigenvalue weighted by molar-refractivity contribution is 0.559. The monoisotopic (exact) mass is 270 g/mol. The van der Waals surface area contributed by atoms with Gasteiger partial charge >= 0.3 is 0 Å². The summed E-state index contributed by atoms with van der Waals surface area (Å²) in [4.78, 5) is 11.6. The van der Waals surface area contributed by atoms with Crippen molar-refractivity contribution in [3.05, 3.63) is 47.4 Å². The third-order valence-electron chi connectivity index (χ3n) is 3.50. The van der Waals surface area contributed by atoms with Crippen LogP contribution in [0.25, 0.3) is 5.65 Å². The minimum atomic E-state index is 0.194. The second kappa shape index (κ2) is 5.05. The molecule has 20 heavy (non-hydrogen) atoms. The number of hydrogen-bond acceptors (Lipinski definition) is 4. The first-order valence-corrected chi connectivity index (χ1v) is 6.67. The van der Waals surface area contributed by atoms with Crippen molar-refractivity contribution in [1.29, 1.82) is 0 Å². The van der Waals surface area contributed by atoms with Crippen LogP contribution in [0.15, 0.2) is 24.8 Å². The molecular weight excluding hydrogens is 252 g/mol. The molecule has 0 saturated heterocycles. The van der Waals surface area contributed by atoms with Gasteiger partial charge in [0.05, 0.1) is 12.0 Å². The molecule has 6 heteroatoms. The summed E-state index contributed by atoms with van der Waals surface area (Å²) < 4.78 is 1.90. The topological polar surface area (TPSA) is 70.9 Å². The van der Waals surface area contributed by atoms with E-state index < -0.39 is 0 Å². The molecule has 0 aliphatic rings. The van der Waals surface area contributed by atoms with Crippen molar-refractivity contribution in [3.8, 4) is 0 Å². The number of fused-ring (bicyclic) bond motifs is 1. The van der Waals surface area contributed by atoms with Gasteiger partial charge in [0.25, 0.3) is 0 Å². The standard InChI is InChI=1S/C14H18N6/c1-9-4-14-17-7-13(11(3)20(14)19-9)10(2)16-6-12-5-15-8-18-12/h4-5,7-8,10,16H,6H2,1-3H3,(H,15,18). The molecule has 3 rings (SSSR count). The molecule has 0 aliphatic carbocycles. The Balaban J connectivity index is 1.83. The lowest BCUT2D eigenvalue weighted by Gasteiger charge is -2.16. The first-order valence-electron chi connectivity index (χ1n) is 6.67. The number of nitrogens with zero attached hydrogens (tertiary/aromatic N) is 4. The molecule has 0 amide bonds. The van der Waals surface area contributed by atoms with Crippen molar-refractivity contribution >= 4 is 5.65 Å². The van der Waals surface area contributed by atoms with Gasteiger partial charge in [-0.2, -0.15) is 5.10 Å².